The highest BCUT2D eigenvalue weighted by Crippen LogP contribution is 2.24. The molecule has 0 spiro atoms. The number of anilines is 2. The molecule has 1 aliphatic heterocycles. The summed E-state index contributed by atoms with van der Waals surface area (Å²) in [5, 5.41) is 6.72. The Bertz CT molecular complexity index is 311. The molecule has 0 bridgehead atoms. The molecule has 0 amide bonds. The third-order valence-electron chi connectivity index (χ3n) is 3.18. The minimum absolute atomic E-state index is 0.679. The number of aromatic amines is 1. The molecular formula is C10H19N5. The lowest BCUT2D eigenvalue weighted by Gasteiger charge is -2.35. The smallest absolute Gasteiger partial charge is 0.142 e. The van der Waals surface area contributed by atoms with E-state index in [0.717, 1.165) is 18.8 Å². The van der Waals surface area contributed by atoms with E-state index in [1.165, 1.54) is 12.8 Å². The van der Waals surface area contributed by atoms with E-state index in [2.05, 4.69) is 34.1 Å². The molecule has 5 nitrogen and oxygen atoms in total. The van der Waals surface area contributed by atoms with Gasteiger partial charge in [-0.05, 0) is 26.9 Å². The van der Waals surface area contributed by atoms with Crippen molar-refractivity contribution in [3.8, 4) is 0 Å². The largest absolute Gasteiger partial charge is 0.382 e. The van der Waals surface area contributed by atoms with Crippen molar-refractivity contribution in [1.29, 1.82) is 0 Å². The summed E-state index contributed by atoms with van der Waals surface area (Å²) in [4.78, 5) is 4.61. The van der Waals surface area contributed by atoms with Crippen LogP contribution in [0.1, 0.15) is 12.8 Å². The zero-order valence-corrected chi connectivity index (χ0v) is 9.40. The van der Waals surface area contributed by atoms with E-state index in [4.69, 9.17) is 5.73 Å². The summed E-state index contributed by atoms with van der Waals surface area (Å²) in [6.45, 7) is 2.12. The molecular weight excluding hydrogens is 190 g/mol. The van der Waals surface area contributed by atoms with Crippen LogP contribution in [-0.2, 0) is 0 Å². The van der Waals surface area contributed by atoms with Gasteiger partial charge in [0, 0.05) is 19.1 Å². The van der Waals surface area contributed by atoms with E-state index in [1.54, 1.807) is 0 Å². The fraction of sp³-hybridized carbons (Fsp3) is 0.700. The number of rotatable bonds is 2. The Kier molecular flexibility index (Phi) is 2.81. The maximum absolute atomic E-state index is 5.80. The third kappa shape index (κ3) is 2.07. The first kappa shape index (κ1) is 10.3. The van der Waals surface area contributed by atoms with E-state index in [-0.39, 0.29) is 0 Å². The Hall–Kier alpha value is -1.23. The zero-order valence-electron chi connectivity index (χ0n) is 9.40. The quantitative estimate of drug-likeness (QED) is 0.745. The first-order valence-corrected chi connectivity index (χ1v) is 5.38. The van der Waals surface area contributed by atoms with Crippen LogP contribution in [0.3, 0.4) is 0 Å². The molecule has 0 aromatic carbocycles. The highest BCUT2D eigenvalue weighted by Gasteiger charge is 2.22. The number of nitrogens with zero attached hydrogens (tertiary/aromatic N) is 3. The molecule has 0 atom stereocenters. The number of hydrogen-bond acceptors (Lipinski definition) is 4. The lowest BCUT2D eigenvalue weighted by Crippen LogP contribution is -2.42. The van der Waals surface area contributed by atoms with Gasteiger partial charge < -0.3 is 15.5 Å². The second-order valence-corrected chi connectivity index (χ2v) is 4.35. The van der Waals surface area contributed by atoms with Crippen LogP contribution in [0.5, 0.6) is 0 Å². The minimum Gasteiger partial charge on any atom is -0.382 e. The van der Waals surface area contributed by atoms with E-state index >= 15 is 0 Å². The SMILES string of the molecule is CN(C)C1CCN(c2cn[nH]c2N)CC1. The Morgan fingerprint density at radius 1 is 1.47 bits per heavy atom. The minimum atomic E-state index is 0.679. The summed E-state index contributed by atoms with van der Waals surface area (Å²) < 4.78 is 0. The summed E-state index contributed by atoms with van der Waals surface area (Å²) in [6.07, 6.45) is 4.20. The van der Waals surface area contributed by atoms with Crippen molar-refractivity contribution < 1.29 is 0 Å². The van der Waals surface area contributed by atoms with Crippen LogP contribution in [0.15, 0.2) is 6.20 Å². The molecule has 0 unspecified atom stereocenters. The Balaban J connectivity index is 1.97. The molecule has 1 aromatic rings. The second-order valence-electron chi connectivity index (χ2n) is 4.35. The van der Waals surface area contributed by atoms with E-state index in [1.807, 2.05) is 6.20 Å². The fourth-order valence-electron chi connectivity index (χ4n) is 2.16. The summed E-state index contributed by atoms with van der Waals surface area (Å²) in [7, 11) is 4.29. The molecule has 2 heterocycles. The summed E-state index contributed by atoms with van der Waals surface area (Å²) in [6, 6.07) is 0.703. The van der Waals surface area contributed by atoms with Gasteiger partial charge in [0.2, 0.25) is 0 Å². The van der Waals surface area contributed by atoms with E-state index < -0.39 is 0 Å². The van der Waals surface area contributed by atoms with Gasteiger partial charge in [-0.2, -0.15) is 5.10 Å². The van der Waals surface area contributed by atoms with Crippen molar-refractivity contribution >= 4 is 11.5 Å². The van der Waals surface area contributed by atoms with Crippen molar-refractivity contribution in [2.45, 2.75) is 18.9 Å². The van der Waals surface area contributed by atoms with Crippen molar-refractivity contribution in [3.05, 3.63) is 6.20 Å². The molecule has 15 heavy (non-hydrogen) atoms. The van der Waals surface area contributed by atoms with Crippen molar-refractivity contribution in [3.63, 3.8) is 0 Å². The lowest BCUT2D eigenvalue weighted by molar-refractivity contribution is 0.250. The van der Waals surface area contributed by atoms with Gasteiger partial charge in [0.1, 0.15) is 5.82 Å². The number of H-pyrrole nitrogens is 1. The van der Waals surface area contributed by atoms with Crippen LogP contribution in [0.25, 0.3) is 0 Å². The van der Waals surface area contributed by atoms with Crippen molar-refractivity contribution in [1.82, 2.24) is 15.1 Å². The highest BCUT2D eigenvalue weighted by atomic mass is 15.2. The Labute approximate surface area is 90.2 Å². The topological polar surface area (TPSA) is 61.2 Å². The Morgan fingerprint density at radius 3 is 2.60 bits per heavy atom. The molecule has 5 heteroatoms. The molecule has 0 radical (unpaired) electrons. The van der Waals surface area contributed by atoms with Crippen LogP contribution >= 0.6 is 0 Å². The molecule has 3 N–H and O–H groups in total. The van der Waals surface area contributed by atoms with Gasteiger partial charge in [-0.1, -0.05) is 0 Å². The summed E-state index contributed by atoms with van der Waals surface area (Å²) in [5.41, 5.74) is 6.84. The van der Waals surface area contributed by atoms with Gasteiger partial charge in [-0.25, -0.2) is 0 Å². The number of piperidine rings is 1. The molecule has 0 aliphatic carbocycles. The fourth-order valence-corrected chi connectivity index (χ4v) is 2.16. The average molecular weight is 209 g/mol. The average Bonchev–Trinajstić information content (AvgIpc) is 2.65. The molecule has 1 fully saturated rings. The van der Waals surface area contributed by atoms with E-state index in [0.29, 0.717) is 11.9 Å². The van der Waals surface area contributed by atoms with Crippen LogP contribution in [-0.4, -0.2) is 48.3 Å². The molecule has 1 saturated heterocycles. The molecule has 1 aliphatic rings. The first-order chi connectivity index (χ1) is 7.18. The predicted octanol–water partition coefficient (Wildman–Crippen LogP) is 0.522. The van der Waals surface area contributed by atoms with Crippen LogP contribution in [0.2, 0.25) is 0 Å². The van der Waals surface area contributed by atoms with Gasteiger partial charge >= 0.3 is 0 Å². The Morgan fingerprint density at radius 2 is 2.13 bits per heavy atom. The maximum atomic E-state index is 5.80. The predicted molar refractivity (Wildman–Crippen MR) is 61.9 cm³/mol. The first-order valence-electron chi connectivity index (χ1n) is 5.38. The van der Waals surface area contributed by atoms with E-state index in [9.17, 15) is 0 Å². The van der Waals surface area contributed by atoms with Gasteiger partial charge in [0.15, 0.2) is 0 Å². The van der Waals surface area contributed by atoms with Crippen LogP contribution < -0.4 is 10.6 Å². The molecule has 0 saturated carbocycles. The van der Waals surface area contributed by atoms with Gasteiger partial charge in [-0.15, -0.1) is 0 Å². The molecule has 2 rings (SSSR count). The number of nitrogen functional groups attached to an aromatic ring is 1. The van der Waals surface area contributed by atoms with Gasteiger partial charge in [-0.3, -0.25) is 5.10 Å². The summed E-state index contributed by atoms with van der Waals surface area (Å²) in [5.74, 6) is 0.679. The van der Waals surface area contributed by atoms with Gasteiger partial charge in [0.05, 0.1) is 11.9 Å². The second kappa shape index (κ2) is 4.10. The molecule has 1 aromatic heterocycles. The molecule has 84 valence electrons. The number of aromatic nitrogens is 2. The zero-order chi connectivity index (χ0) is 10.8. The lowest BCUT2D eigenvalue weighted by atomic mass is 10.0. The van der Waals surface area contributed by atoms with Crippen LogP contribution in [0, 0.1) is 0 Å². The number of nitrogens with one attached hydrogen (secondary N) is 1. The number of hydrogen-bond donors (Lipinski definition) is 2. The van der Waals surface area contributed by atoms with Crippen molar-refractivity contribution in [2.24, 2.45) is 0 Å². The standard InChI is InChI=1S/C10H19N5/c1-14(2)8-3-5-15(6-4-8)9-7-12-13-10(9)11/h7-8H,3-6H2,1-2H3,(H3,11,12,13). The maximum Gasteiger partial charge on any atom is 0.142 e. The third-order valence-corrected chi connectivity index (χ3v) is 3.18. The van der Waals surface area contributed by atoms with Crippen molar-refractivity contribution in [2.75, 3.05) is 37.8 Å². The highest BCUT2D eigenvalue weighted by molar-refractivity contribution is 5.62. The monoisotopic (exact) mass is 209 g/mol. The summed E-state index contributed by atoms with van der Waals surface area (Å²) >= 11 is 0. The normalized spacial score (nSPS) is 18.7. The van der Waals surface area contributed by atoms with Gasteiger partial charge in [0.25, 0.3) is 0 Å². The van der Waals surface area contributed by atoms with Crippen LogP contribution in [0.4, 0.5) is 11.5 Å². The number of nitrogens with two attached hydrogens (primary N) is 1.